The molecule has 2 heterocycles. The Kier molecular flexibility index (Phi) is 3.98. The van der Waals surface area contributed by atoms with Gasteiger partial charge in [0.25, 0.3) is 0 Å². The molecule has 2 rings (SSSR count). The van der Waals surface area contributed by atoms with Gasteiger partial charge in [0.1, 0.15) is 11.5 Å². The van der Waals surface area contributed by atoms with E-state index in [1.54, 1.807) is 0 Å². The number of hydrogen-bond donors (Lipinski definition) is 1. The van der Waals surface area contributed by atoms with Gasteiger partial charge >= 0.3 is 0 Å². The molecule has 2 N–H and O–H groups in total. The van der Waals surface area contributed by atoms with Crippen molar-refractivity contribution >= 4 is 0 Å². The first kappa shape index (κ1) is 11.6. The maximum atomic E-state index is 5.63. The largest absolute Gasteiger partial charge is 0.463 e. The summed E-state index contributed by atoms with van der Waals surface area (Å²) in [5.74, 6) is 1.85. The van der Waals surface area contributed by atoms with Crippen LogP contribution in [-0.4, -0.2) is 30.7 Å². The molecular formula is C12H20N2O2. The summed E-state index contributed by atoms with van der Waals surface area (Å²) in [4.78, 5) is 2.37. The molecule has 4 nitrogen and oxygen atoms in total. The van der Waals surface area contributed by atoms with Crippen molar-refractivity contribution in [3.8, 4) is 0 Å². The zero-order chi connectivity index (χ0) is 11.4. The molecule has 1 unspecified atom stereocenters. The van der Waals surface area contributed by atoms with Gasteiger partial charge in [-0.1, -0.05) is 6.92 Å². The third-order valence-corrected chi connectivity index (χ3v) is 2.98. The quantitative estimate of drug-likeness (QED) is 0.838. The number of furan rings is 1. The second kappa shape index (κ2) is 5.48. The van der Waals surface area contributed by atoms with Crippen molar-refractivity contribution in [1.82, 2.24) is 4.90 Å². The van der Waals surface area contributed by atoms with E-state index in [-0.39, 0.29) is 0 Å². The van der Waals surface area contributed by atoms with Gasteiger partial charge in [-0.15, -0.1) is 0 Å². The summed E-state index contributed by atoms with van der Waals surface area (Å²) in [6.45, 7) is 6.29. The van der Waals surface area contributed by atoms with E-state index >= 15 is 0 Å². The highest BCUT2D eigenvalue weighted by Gasteiger charge is 2.19. The van der Waals surface area contributed by atoms with Crippen molar-refractivity contribution < 1.29 is 9.15 Å². The third kappa shape index (κ3) is 2.84. The minimum atomic E-state index is 0.373. The van der Waals surface area contributed by atoms with E-state index in [1.165, 1.54) is 0 Å². The van der Waals surface area contributed by atoms with Crippen LogP contribution < -0.4 is 5.73 Å². The minimum absolute atomic E-state index is 0.373. The number of morpholine rings is 1. The lowest BCUT2D eigenvalue weighted by molar-refractivity contribution is -0.0342. The summed E-state index contributed by atoms with van der Waals surface area (Å²) in [6, 6.07) is 3.96. The maximum Gasteiger partial charge on any atom is 0.118 e. The first-order valence-electron chi connectivity index (χ1n) is 5.93. The van der Waals surface area contributed by atoms with Crippen LogP contribution in [0.2, 0.25) is 0 Å². The molecule has 0 amide bonds. The van der Waals surface area contributed by atoms with E-state index < -0.39 is 0 Å². The van der Waals surface area contributed by atoms with E-state index in [4.69, 9.17) is 14.9 Å². The van der Waals surface area contributed by atoms with Crippen LogP contribution in [0.1, 0.15) is 24.9 Å². The van der Waals surface area contributed by atoms with Crippen molar-refractivity contribution in [2.45, 2.75) is 32.5 Å². The molecule has 1 saturated heterocycles. The zero-order valence-corrected chi connectivity index (χ0v) is 9.82. The van der Waals surface area contributed by atoms with Gasteiger partial charge in [0.15, 0.2) is 0 Å². The first-order chi connectivity index (χ1) is 7.81. The van der Waals surface area contributed by atoms with Crippen molar-refractivity contribution in [2.75, 3.05) is 19.7 Å². The lowest BCUT2D eigenvalue weighted by Crippen LogP contribution is -2.41. The molecule has 0 spiro atoms. The summed E-state index contributed by atoms with van der Waals surface area (Å²) in [6.07, 6.45) is 1.44. The normalized spacial score (nSPS) is 22.5. The minimum Gasteiger partial charge on any atom is -0.463 e. The monoisotopic (exact) mass is 224 g/mol. The fourth-order valence-corrected chi connectivity index (χ4v) is 2.01. The van der Waals surface area contributed by atoms with Crippen LogP contribution in [0.25, 0.3) is 0 Å². The average molecular weight is 224 g/mol. The molecule has 0 aromatic carbocycles. The van der Waals surface area contributed by atoms with Crippen molar-refractivity contribution in [2.24, 2.45) is 5.73 Å². The van der Waals surface area contributed by atoms with Crippen molar-refractivity contribution in [1.29, 1.82) is 0 Å². The molecule has 1 fully saturated rings. The Labute approximate surface area is 96.4 Å². The number of hydrogen-bond acceptors (Lipinski definition) is 4. The Bertz CT molecular complexity index is 325. The zero-order valence-electron chi connectivity index (χ0n) is 9.82. The van der Waals surface area contributed by atoms with Crippen LogP contribution >= 0.6 is 0 Å². The van der Waals surface area contributed by atoms with E-state index in [0.29, 0.717) is 12.6 Å². The van der Waals surface area contributed by atoms with Gasteiger partial charge in [-0.2, -0.15) is 0 Å². The van der Waals surface area contributed by atoms with Gasteiger partial charge in [0.05, 0.1) is 25.8 Å². The van der Waals surface area contributed by atoms with Gasteiger partial charge < -0.3 is 14.9 Å². The van der Waals surface area contributed by atoms with Gasteiger partial charge in [0, 0.05) is 13.1 Å². The van der Waals surface area contributed by atoms with E-state index in [2.05, 4.69) is 11.8 Å². The van der Waals surface area contributed by atoms with Crippen LogP contribution in [0.15, 0.2) is 16.5 Å². The second-order valence-corrected chi connectivity index (χ2v) is 4.21. The van der Waals surface area contributed by atoms with Crippen LogP contribution in [0.4, 0.5) is 0 Å². The third-order valence-electron chi connectivity index (χ3n) is 2.98. The van der Waals surface area contributed by atoms with Crippen LogP contribution in [0.5, 0.6) is 0 Å². The molecule has 90 valence electrons. The molecular weight excluding hydrogens is 204 g/mol. The van der Waals surface area contributed by atoms with Crippen LogP contribution in [0, 0.1) is 0 Å². The summed E-state index contributed by atoms with van der Waals surface area (Å²) in [7, 11) is 0. The van der Waals surface area contributed by atoms with Crippen molar-refractivity contribution in [3.05, 3.63) is 23.7 Å². The van der Waals surface area contributed by atoms with E-state index in [1.807, 2.05) is 12.1 Å². The Hall–Kier alpha value is -0.840. The number of nitrogens with zero attached hydrogens (tertiary/aromatic N) is 1. The highest BCUT2D eigenvalue weighted by Crippen LogP contribution is 2.14. The highest BCUT2D eigenvalue weighted by molar-refractivity contribution is 5.06. The predicted molar refractivity (Wildman–Crippen MR) is 61.9 cm³/mol. The second-order valence-electron chi connectivity index (χ2n) is 4.21. The molecule has 1 atom stereocenters. The molecule has 0 radical (unpaired) electrons. The van der Waals surface area contributed by atoms with Crippen molar-refractivity contribution in [3.63, 3.8) is 0 Å². The predicted octanol–water partition coefficient (Wildman–Crippen LogP) is 1.35. The SMILES string of the molecule is CCC1CN(Cc2ccc(CN)o2)CCO1. The Morgan fingerprint density at radius 2 is 2.25 bits per heavy atom. The first-order valence-corrected chi connectivity index (χ1v) is 5.93. The highest BCUT2D eigenvalue weighted by atomic mass is 16.5. The Balaban J connectivity index is 1.88. The molecule has 1 aliphatic heterocycles. The topological polar surface area (TPSA) is 51.6 Å². The van der Waals surface area contributed by atoms with Gasteiger partial charge in [-0.3, -0.25) is 4.90 Å². The molecule has 0 aliphatic carbocycles. The smallest absolute Gasteiger partial charge is 0.118 e. The number of nitrogens with two attached hydrogens (primary N) is 1. The Morgan fingerprint density at radius 3 is 2.94 bits per heavy atom. The molecule has 0 bridgehead atoms. The molecule has 1 aromatic heterocycles. The molecule has 1 aliphatic rings. The van der Waals surface area contributed by atoms with Crippen LogP contribution in [0.3, 0.4) is 0 Å². The van der Waals surface area contributed by atoms with E-state index in [0.717, 1.165) is 44.2 Å². The average Bonchev–Trinajstić information content (AvgIpc) is 2.77. The molecule has 0 saturated carbocycles. The lowest BCUT2D eigenvalue weighted by Gasteiger charge is -2.31. The standard InChI is InChI=1S/C12H20N2O2/c1-2-10-8-14(5-6-15-10)9-12-4-3-11(7-13)16-12/h3-4,10H,2,5-9,13H2,1H3. The molecule has 16 heavy (non-hydrogen) atoms. The summed E-state index contributed by atoms with van der Waals surface area (Å²) in [5, 5.41) is 0. The Morgan fingerprint density at radius 1 is 1.44 bits per heavy atom. The van der Waals surface area contributed by atoms with Gasteiger partial charge in [-0.05, 0) is 18.6 Å². The van der Waals surface area contributed by atoms with Gasteiger partial charge in [0.2, 0.25) is 0 Å². The lowest BCUT2D eigenvalue weighted by atomic mass is 10.2. The number of ether oxygens (including phenoxy) is 1. The maximum absolute atomic E-state index is 5.63. The van der Waals surface area contributed by atoms with E-state index in [9.17, 15) is 0 Å². The summed E-state index contributed by atoms with van der Waals surface area (Å²) >= 11 is 0. The molecule has 1 aromatic rings. The van der Waals surface area contributed by atoms with Crippen LogP contribution in [-0.2, 0) is 17.8 Å². The fourth-order valence-electron chi connectivity index (χ4n) is 2.01. The number of rotatable bonds is 4. The fraction of sp³-hybridized carbons (Fsp3) is 0.667. The van der Waals surface area contributed by atoms with Gasteiger partial charge in [-0.25, -0.2) is 0 Å². The summed E-state index contributed by atoms with van der Waals surface area (Å²) < 4.78 is 11.2. The summed E-state index contributed by atoms with van der Waals surface area (Å²) in [5.41, 5.74) is 5.51. The molecule has 4 heteroatoms.